The fourth-order valence-corrected chi connectivity index (χ4v) is 3.65. The third-order valence-corrected chi connectivity index (χ3v) is 5.30. The van der Waals surface area contributed by atoms with E-state index in [-0.39, 0.29) is 0 Å². The van der Waals surface area contributed by atoms with Crippen molar-refractivity contribution in [3.63, 3.8) is 0 Å². The van der Waals surface area contributed by atoms with Gasteiger partial charge in [0.1, 0.15) is 0 Å². The molecule has 0 amide bonds. The molecule has 4 nitrogen and oxygen atoms in total. The summed E-state index contributed by atoms with van der Waals surface area (Å²) >= 11 is 0. The lowest BCUT2D eigenvalue weighted by molar-refractivity contribution is -0.138. The highest BCUT2D eigenvalue weighted by atomic mass is 16.4. The van der Waals surface area contributed by atoms with E-state index in [2.05, 4.69) is 17.1 Å². The van der Waals surface area contributed by atoms with Gasteiger partial charge in [-0.3, -0.25) is 9.69 Å². The summed E-state index contributed by atoms with van der Waals surface area (Å²) in [4.78, 5) is 13.6. The van der Waals surface area contributed by atoms with Crippen molar-refractivity contribution in [2.75, 3.05) is 19.6 Å². The smallest absolute Gasteiger partial charge is 0.303 e. The minimum absolute atomic E-state index is 0.319. The van der Waals surface area contributed by atoms with Crippen LogP contribution in [0.4, 0.5) is 0 Å². The molecule has 2 saturated carbocycles. The molecule has 0 aromatic carbocycles. The first kappa shape index (κ1) is 14.3. The van der Waals surface area contributed by atoms with E-state index in [1.807, 2.05) is 0 Å². The van der Waals surface area contributed by atoms with Crippen molar-refractivity contribution < 1.29 is 9.90 Å². The first-order valence-corrected chi connectivity index (χ1v) is 8.31. The second kappa shape index (κ2) is 6.02. The van der Waals surface area contributed by atoms with Crippen molar-refractivity contribution in [2.24, 2.45) is 17.8 Å². The number of carboxylic acids is 1. The second-order valence-electron chi connectivity index (χ2n) is 7.28. The van der Waals surface area contributed by atoms with Gasteiger partial charge in [0.05, 0.1) is 0 Å². The van der Waals surface area contributed by atoms with E-state index in [9.17, 15) is 4.79 Å². The van der Waals surface area contributed by atoms with Gasteiger partial charge < -0.3 is 10.4 Å². The molecular formula is C16H28N2O2. The number of rotatable bonds is 7. The number of nitrogens with one attached hydrogen (secondary N) is 1. The van der Waals surface area contributed by atoms with Crippen LogP contribution < -0.4 is 5.32 Å². The third-order valence-electron chi connectivity index (χ3n) is 5.30. The van der Waals surface area contributed by atoms with Crippen LogP contribution in [0.5, 0.6) is 0 Å². The van der Waals surface area contributed by atoms with Gasteiger partial charge in [-0.05, 0) is 63.3 Å². The summed E-state index contributed by atoms with van der Waals surface area (Å²) in [5.41, 5.74) is 0. The lowest BCUT2D eigenvalue weighted by atomic mass is 9.90. The molecule has 20 heavy (non-hydrogen) atoms. The molecule has 3 unspecified atom stereocenters. The monoisotopic (exact) mass is 280 g/mol. The highest BCUT2D eigenvalue weighted by Gasteiger charge is 2.37. The Morgan fingerprint density at radius 1 is 1.25 bits per heavy atom. The third kappa shape index (κ3) is 3.95. The molecule has 4 heteroatoms. The molecule has 0 aromatic rings. The number of hydrogen-bond donors (Lipinski definition) is 2. The van der Waals surface area contributed by atoms with Gasteiger partial charge >= 0.3 is 5.97 Å². The predicted octanol–water partition coefficient (Wildman–Crippen LogP) is 1.95. The number of likely N-dealkylation sites (tertiary alicyclic amines) is 1. The quantitative estimate of drug-likeness (QED) is 0.748. The van der Waals surface area contributed by atoms with Crippen LogP contribution in [0.15, 0.2) is 0 Å². The molecule has 2 N–H and O–H groups in total. The maximum absolute atomic E-state index is 11.0. The summed E-state index contributed by atoms with van der Waals surface area (Å²) < 4.78 is 0. The Morgan fingerprint density at radius 3 is 2.60 bits per heavy atom. The van der Waals surface area contributed by atoms with E-state index in [0.717, 1.165) is 37.9 Å². The van der Waals surface area contributed by atoms with Crippen LogP contribution >= 0.6 is 0 Å². The molecule has 0 bridgehead atoms. The van der Waals surface area contributed by atoms with Gasteiger partial charge in [-0.25, -0.2) is 0 Å². The van der Waals surface area contributed by atoms with Crippen LogP contribution in [0.1, 0.15) is 45.4 Å². The zero-order valence-electron chi connectivity index (χ0n) is 12.6. The standard InChI is InChI=1S/C16H28N2O2/c1-11(14-4-5-14)18-9-13(7-16(19)20)6-15(10-18)17-8-12-2-3-12/h11-15,17H,2-10H2,1H3,(H,19,20). The van der Waals surface area contributed by atoms with Crippen molar-refractivity contribution >= 4 is 5.97 Å². The van der Waals surface area contributed by atoms with Crippen LogP contribution in [0.3, 0.4) is 0 Å². The highest BCUT2D eigenvalue weighted by molar-refractivity contribution is 5.67. The lowest BCUT2D eigenvalue weighted by Crippen LogP contribution is -2.53. The topological polar surface area (TPSA) is 52.6 Å². The van der Waals surface area contributed by atoms with Gasteiger partial charge in [-0.15, -0.1) is 0 Å². The Bertz CT molecular complexity index is 352. The molecule has 0 aromatic heterocycles. The van der Waals surface area contributed by atoms with Gasteiger partial charge in [0.25, 0.3) is 0 Å². The summed E-state index contributed by atoms with van der Waals surface area (Å²) in [7, 11) is 0. The Morgan fingerprint density at radius 2 is 2.00 bits per heavy atom. The number of aliphatic carboxylic acids is 1. The van der Waals surface area contributed by atoms with Crippen molar-refractivity contribution in [2.45, 2.75) is 57.5 Å². The zero-order valence-corrected chi connectivity index (χ0v) is 12.6. The normalized spacial score (nSPS) is 33.0. The predicted molar refractivity (Wildman–Crippen MR) is 78.6 cm³/mol. The van der Waals surface area contributed by atoms with Crippen LogP contribution in [0.2, 0.25) is 0 Å². The first-order valence-electron chi connectivity index (χ1n) is 8.31. The number of carbonyl (C=O) groups is 1. The molecule has 0 spiro atoms. The zero-order chi connectivity index (χ0) is 14.1. The SMILES string of the molecule is CC(C1CC1)N1CC(CC(=O)O)CC(NCC2CC2)C1. The summed E-state index contributed by atoms with van der Waals surface area (Å²) in [6, 6.07) is 1.13. The molecule has 3 atom stereocenters. The molecule has 1 heterocycles. The van der Waals surface area contributed by atoms with Crippen LogP contribution in [-0.4, -0.2) is 47.7 Å². The van der Waals surface area contributed by atoms with E-state index in [0.29, 0.717) is 24.4 Å². The maximum atomic E-state index is 11.0. The van der Waals surface area contributed by atoms with Crippen molar-refractivity contribution in [1.29, 1.82) is 0 Å². The minimum atomic E-state index is -0.642. The average molecular weight is 280 g/mol. The fourth-order valence-electron chi connectivity index (χ4n) is 3.65. The minimum Gasteiger partial charge on any atom is -0.481 e. The number of nitrogens with zero attached hydrogens (tertiary/aromatic N) is 1. The Hall–Kier alpha value is -0.610. The highest BCUT2D eigenvalue weighted by Crippen LogP contribution is 2.37. The molecule has 114 valence electrons. The van der Waals surface area contributed by atoms with E-state index < -0.39 is 5.97 Å². The Labute approximate surface area is 121 Å². The molecular weight excluding hydrogens is 252 g/mol. The van der Waals surface area contributed by atoms with E-state index in [1.54, 1.807) is 0 Å². The van der Waals surface area contributed by atoms with E-state index in [4.69, 9.17) is 5.11 Å². The Balaban J connectivity index is 1.55. The average Bonchev–Trinajstić information content (AvgIpc) is 3.28. The molecule has 3 fully saturated rings. The number of carboxylic acid groups (broad SMARTS) is 1. The molecule has 0 radical (unpaired) electrons. The molecule has 3 rings (SSSR count). The van der Waals surface area contributed by atoms with Crippen LogP contribution in [-0.2, 0) is 4.79 Å². The van der Waals surface area contributed by atoms with Gasteiger partial charge in [-0.1, -0.05) is 0 Å². The van der Waals surface area contributed by atoms with Crippen molar-refractivity contribution in [3.8, 4) is 0 Å². The van der Waals surface area contributed by atoms with Gasteiger partial charge in [0.2, 0.25) is 0 Å². The van der Waals surface area contributed by atoms with E-state index >= 15 is 0 Å². The molecule has 2 aliphatic carbocycles. The second-order valence-corrected chi connectivity index (χ2v) is 7.28. The van der Waals surface area contributed by atoms with Gasteiger partial charge in [0.15, 0.2) is 0 Å². The van der Waals surface area contributed by atoms with Gasteiger partial charge in [-0.2, -0.15) is 0 Å². The maximum Gasteiger partial charge on any atom is 0.303 e. The lowest BCUT2D eigenvalue weighted by Gasteiger charge is -2.41. The molecule has 3 aliphatic rings. The first-order chi connectivity index (χ1) is 9.61. The molecule has 1 aliphatic heterocycles. The summed E-state index contributed by atoms with van der Waals surface area (Å²) in [5.74, 6) is 1.43. The van der Waals surface area contributed by atoms with Crippen LogP contribution in [0.25, 0.3) is 0 Å². The van der Waals surface area contributed by atoms with Crippen molar-refractivity contribution in [3.05, 3.63) is 0 Å². The summed E-state index contributed by atoms with van der Waals surface area (Å²) in [6.45, 7) is 5.56. The largest absolute Gasteiger partial charge is 0.481 e. The Kier molecular flexibility index (Phi) is 4.32. The van der Waals surface area contributed by atoms with Crippen molar-refractivity contribution in [1.82, 2.24) is 10.2 Å². The summed E-state index contributed by atoms with van der Waals surface area (Å²) in [5, 5.41) is 12.8. The fraction of sp³-hybridized carbons (Fsp3) is 0.938. The number of piperidine rings is 1. The summed E-state index contributed by atoms with van der Waals surface area (Å²) in [6.07, 6.45) is 6.84. The van der Waals surface area contributed by atoms with Crippen LogP contribution in [0, 0.1) is 17.8 Å². The molecule has 1 saturated heterocycles. The van der Waals surface area contributed by atoms with Gasteiger partial charge in [0, 0.05) is 31.6 Å². The number of hydrogen-bond acceptors (Lipinski definition) is 3. The van der Waals surface area contributed by atoms with E-state index in [1.165, 1.54) is 25.7 Å².